The van der Waals surface area contributed by atoms with E-state index in [0.29, 0.717) is 23.5 Å². The van der Waals surface area contributed by atoms with Crippen LogP contribution in [0.15, 0.2) is 48.8 Å². The normalized spacial score (nSPS) is 13.5. The van der Waals surface area contributed by atoms with E-state index in [1.165, 1.54) is 11.5 Å². The number of para-hydroxylation sites is 2. The van der Waals surface area contributed by atoms with Gasteiger partial charge in [-0.1, -0.05) is 23.7 Å². The van der Waals surface area contributed by atoms with Crippen molar-refractivity contribution in [3.8, 4) is 5.75 Å². The molecule has 0 atom stereocenters. The Morgan fingerprint density at radius 3 is 2.90 bits per heavy atom. The lowest BCUT2D eigenvalue weighted by Gasteiger charge is -2.24. The third-order valence-electron chi connectivity index (χ3n) is 4.62. The van der Waals surface area contributed by atoms with Crippen molar-refractivity contribution < 1.29 is 18.0 Å². The maximum Gasteiger partial charge on any atom is 0.416 e. The van der Waals surface area contributed by atoms with Crippen LogP contribution in [-0.4, -0.2) is 19.4 Å². The molecule has 5 rings (SSSR count). The lowest BCUT2D eigenvalue weighted by molar-refractivity contribution is -0.137. The minimum Gasteiger partial charge on any atom is -0.378 e. The molecule has 0 unspecified atom stereocenters. The molecule has 6 nitrogen and oxygen atoms in total. The number of imidazole rings is 1. The van der Waals surface area contributed by atoms with Crippen molar-refractivity contribution in [2.24, 2.45) is 0 Å². The van der Waals surface area contributed by atoms with Gasteiger partial charge in [-0.05, 0) is 41.9 Å². The number of H-pyrrole nitrogens is 1. The van der Waals surface area contributed by atoms with Crippen LogP contribution >= 0.6 is 23.1 Å². The number of nitrogens with one attached hydrogen (secondary N) is 2. The van der Waals surface area contributed by atoms with Gasteiger partial charge >= 0.3 is 6.18 Å². The number of rotatable bonds is 4. The third kappa shape index (κ3) is 3.91. The van der Waals surface area contributed by atoms with Gasteiger partial charge in [0.15, 0.2) is 5.75 Å². The molecule has 2 aromatic heterocycles. The first-order chi connectivity index (χ1) is 14.9. The molecule has 0 aliphatic carbocycles. The largest absolute Gasteiger partial charge is 0.416 e. The van der Waals surface area contributed by atoms with Crippen LogP contribution in [0.4, 0.5) is 24.8 Å². The molecule has 0 bridgehead atoms. The molecule has 0 amide bonds. The van der Waals surface area contributed by atoms with Gasteiger partial charge in [-0.3, -0.25) is 0 Å². The Kier molecular flexibility index (Phi) is 4.75. The highest BCUT2D eigenvalue weighted by Gasteiger charge is 2.31. The summed E-state index contributed by atoms with van der Waals surface area (Å²) in [6.07, 6.45) is 1.03. The van der Waals surface area contributed by atoms with Crippen molar-refractivity contribution in [3.05, 3.63) is 69.8 Å². The quantitative estimate of drug-likeness (QED) is 0.376. The van der Waals surface area contributed by atoms with E-state index in [1.54, 1.807) is 29.5 Å². The van der Waals surface area contributed by atoms with E-state index in [9.17, 15) is 13.2 Å². The molecule has 158 valence electrons. The van der Waals surface area contributed by atoms with Crippen molar-refractivity contribution in [1.82, 2.24) is 19.4 Å². The Bertz CT molecular complexity index is 1300. The summed E-state index contributed by atoms with van der Waals surface area (Å²) in [5.74, 6) is 0.757. The smallest absolute Gasteiger partial charge is 0.378 e. The van der Waals surface area contributed by atoms with Crippen molar-refractivity contribution in [3.63, 3.8) is 0 Å². The minimum absolute atomic E-state index is 0.0615. The second-order valence-electron chi connectivity index (χ2n) is 6.75. The van der Waals surface area contributed by atoms with E-state index < -0.39 is 11.7 Å². The minimum atomic E-state index is -4.51. The number of aromatic amines is 1. The summed E-state index contributed by atoms with van der Waals surface area (Å²) >= 11 is 7.45. The van der Waals surface area contributed by atoms with Gasteiger partial charge < -0.3 is 15.1 Å². The summed E-state index contributed by atoms with van der Waals surface area (Å²) in [6.45, 7) is 0.539. The number of anilines is 2. The Morgan fingerprint density at radius 1 is 1.23 bits per heavy atom. The number of benzene rings is 2. The van der Waals surface area contributed by atoms with Crippen LogP contribution in [0.25, 0.3) is 17.1 Å². The number of alkyl halides is 3. The van der Waals surface area contributed by atoms with Crippen molar-refractivity contribution in [1.29, 1.82) is 0 Å². The molecule has 0 spiro atoms. The summed E-state index contributed by atoms with van der Waals surface area (Å²) in [5.41, 5.74) is 1.21. The van der Waals surface area contributed by atoms with Gasteiger partial charge in [0.1, 0.15) is 0 Å². The van der Waals surface area contributed by atoms with E-state index in [-0.39, 0.29) is 16.5 Å². The lowest BCUT2D eigenvalue weighted by Crippen LogP contribution is -2.23. The zero-order valence-corrected chi connectivity index (χ0v) is 17.1. The Morgan fingerprint density at radius 2 is 2.06 bits per heavy atom. The van der Waals surface area contributed by atoms with Gasteiger partial charge in [0.2, 0.25) is 5.95 Å². The first-order valence-corrected chi connectivity index (χ1v) is 10.2. The van der Waals surface area contributed by atoms with Crippen LogP contribution in [-0.2, 0) is 12.7 Å². The average molecular weight is 464 g/mol. The molecule has 2 aromatic carbocycles. The van der Waals surface area contributed by atoms with E-state index in [0.717, 1.165) is 22.6 Å². The predicted octanol–water partition coefficient (Wildman–Crippen LogP) is 6.22. The number of nitrogens with zero attached hydrogens (tertiary/aromatic N) is 3. The maximum atomic E-state index is 13.1. The summed E-state index contributed by atoms with van der Waals surface area (Å²) in [5, 5.41) is 4.67. The van der Waals surface area contributed by atoms with Crippen LogP contribution in [0.1, 0.15) is 16.0 Å². The van der Waals surface area contributed by atoms with Gasteiger partial charge in [-0.2, -0.15) is 13.2 Å². The summed E-state index contributed by atoms with van der Waals surface area (Å²) in [4.78, 5) is 14.2. The highest BCUT2D eigenvalue weighted by atomic mass is 35.5. The number of hydrogen-bond donors (Lipinski definition) is 2. The molecule has 1 aliphatic heterocycles. The highest BCUT2D eigenvalue weighted by Crippen LogP contribution is 2.36. The molecule has 0 radical (unpaired) electrons. The van der Waals surface area contributed by atoms with Gasteiger partial charge in [-0.25, -0.2) is 14.4 Å². The molecule has 0 fully saturated rings. The first kappa shape index (κ1) is 19.7. The molecule has 31 heavy (non-hydrogen) atoms. The van der Waals surface area contributed by atoms with Crippen LogP contribution in [0.2, 0.25) is 5.02 Å². The molecular formula is C20H13ClF3N5OS. The third-order valence-corrected chi connectivity index (χ3v) is 5.73. The molecule has 2 N–H and O–H groups in total. The van der Waals surface area contributed by atoms with Crippen molar-refractivity contribution in [2.45, 2.75) is 12.7 Å². The molecular weight excluding hydrogens is 451 g/mol. The van der Waals surface area contributed by atoms with Gasteiger partial charge in [-0.15, -0.1) is 0 Å². The van der Waals surface area contributed by atoms with Crippen LogP contribution < -0.4 is 10.2 Å². The van der Waals surface area contributed by atoms with Crippen molar-refractivity contribution >= 4 is 51.9 Å². The monoisotopic (exact) mass is 463 g/mol. The van der Waals surface area contributed by atoms with E-state index in [4.69, 9.17) is 16.4 Å². The fraction of sp³-hybridized carbons (Fsp3) is 0.100. The molecule has 1 aliphatic rings. The molecule has 0 saturated carbocycles. The number of hydrogen-bond acceptors (Lipinski definition) is 6. The lowest BCUT2D eigenvalue weighted by atomic mass is 10.2. The topological polar surface area (TPSA) is 66.1 Å². The summed E-state index contributed by atoms with van der Waals surface area (Å²) < 4.78 is 43.3. The van der Waals surface area contributed by atoms with Crippen LogP contribution in [0.3, 0.4) is 0 Å². The van der Waals surface area contributed by atoms with Crippen molar-refractivity contribution in [2.75, 3.05) is 5.32 Å². The fourth-order valence-corrected chi connectivity index (χ4v) is 4.07. The van der Waals surface area contributed by atoms with Crippen LogP contribution in [0.5, 0.6) is 5.75 Å². The van der Waals surface area contributed by atoms with E-state index in [2.05, 4.69) is 19.7 Å². The Balaban J connectivity index is 1.41. The summed E-state index contributed by atoms with van der Waals surface area (Å²) in [7, 11) is 0. The molecule has 0 saturated heterocycles. The van der Waals surface area contributed by atoms with Gasteiger partial charge in [0.25, 0.3) is 0 Å². The maximum absolute atomic E-state index is 13.1. The van der Waals surface area contributed by atoms with Crippen LogP contribution in [0, 0.1) is 0 Å². The first-order valence-electron chi connectivity index (χ1n) is 9.06. The molecule has 3 heterocycles. The van der Waals surface area contributed by atoms with E-state index >= 15 is 0 Å². The second-order valence-corrected chi connectivity index (χ2v) is 7.99. The Hall–Kier alpha value is -3.24. The standard InChI is InChI=1S/C20H13ClF3N5OS/c21-13-7-12(20(22,23)24)8-15-18(13)28-19(27-15)26-14-3-1-2-4-16(14)30-29-6-5-17-11(10-29)9-25-31-17/h1-9H,10H2,(H2,26,27,28). The van der Waals surface area contributed by atoms with Gasteiger partial charge in [0, 0.05) is 18.0 Å². The molecule has 4 aromatic rings. The molecule has 11 heteroatoms. The number of fused-ring (bicyclic) bond motifs is 2. The highest BCUT2D eigenvalue weighted by molar-refractivity contribution is 7.06. The van der Waals surface area contributed by atoms with Gasteiger partial charge in [0.05, 0.1) is 38.7 Å². The fourth-order valence-electron chi connectivity index (χ4n) is 3.16. The zero-order chi connectivity index (χ0) is 21.6. The SMILES string of the molecule is FC(F)(F)c1cc(Cl)c2[nH]c(Nc3ccccc3ON3C=Cc4sncc4C3)nc2c1. The van der Waals surface area contributed by atoms with E-state index in [1.807, 2.05) is 18.3 Å². The number of aromatic nitrogens is 3. The predicted molar refractivity (Wildman–Crippen MR) is 113 cm³/mol. The zero-order valence-electron chi connectivity index (χ0n) is 15.6. The number of halogens is 4. The average Bonchev–Trinajstić information content (AvgIpc) is 3.35. The second kappa shape index (κ2) is 7.47. The summed E-state index contributed by atoms with van der Waals surface area (Å²) in [6, 6.07) is 9.00. The number of hydroxylamine groups is 2. The Labute approximate surface area is 183 Å².